The first kappa shape index (κ1) is 14.5. The Morgan fingerprint density at radius 3 is 2.31 bits per heavy atom. The van der Waals surface area contributed by atoms with Gasteiger partial charge in [0.25, 0.3) is 0 Å². The van der Waals surface area contributed by atoms with Crippen molar-refractivity contribution in [1.29, 1.82) is 5.26 Å². The number of Topliss-reactive ketones (excluding diaryl/α,β-unsaturated/α-hetero) is 1. The van der Waals surface area contributed by atoms with Gasteiger partial charge in [0.1, 0.15) is 11.6 Å². The lowest BCUT2D eigenvalue weighted by Gasteiger charge is -2.06. The second kappa shape index (κ2) is 6.16. The highest BCUT2D eigenvalue weighted by atomic mass is 19.4. The van der Waals surface area contributed by atoms with Crippen LogP contribution in [0.15, 0.2) is 11.3 Å². The van der Waals surface area contributed by atoms with Crippen molar-refractivity contribution in [3.8, 4) is 6.07 Å². The van der Waals surface area contributed by atoms with E-state index in [9.17, 15) is 18.0 Å². The maximum absolute atomic E-state index is 12.0. The van der Waals surface area contributed by atoms with Gasteiger partial charge in [-0.15, -0.1) is 0 Å². The maximum Gasteiger partial charge on any atom is 0.450 e. The Morgan fingerprint density at radius 1 is 1.38 bits per heavy atom. The molecule has 0 unspecified atom stereocenters. The van der Waals surface area contributed by atoms with Crippen LogP contribution in [0.2, 0.25) is 0 Å². The molecule has 0 spiro atoms. The van der Waals surface area contributed by atoms with Crippen LogP contribution in [-0.4, -0.2) is 17.1 Å². The van der Waals surface area contributed by atoms with Crippen LogP contribution >= 0.6 is 0 Å². The number of alkyl halides is 3. The molecule has 0 aromatic carbocycles. The summed E-state index contributed by atoms with van der Waals surface area (Å²) in [6.45, 7) is 1.87. The van der Waals surface area contributed by atoms with Crippen molar-refractivity contribution in [3.63, 3.8) is 0 Å². The molecule has 0 aromatic heterocycles. The average molecular weight is 235 g/mol. The molecule has 0 bridgehead atoms. The normalized spacial score (nSPS) is 12.9. The molecule has 3 nitrogen and oxygen atoms in total. The predicted molar refractivity (Wildman–Crippen MR) is 50.5 cm³/mol. The van der Waals surface area contributed by atoms with E-state index in [1.807, 2.05) is 6.92 Å². The van der Waals surface area contributed by atoms with Gasteiger partial charge in [0.15, 0.2) is 5.78 Å². The summed E-state index contributed by atoms with van der Waals surface area (Å²) in [7, 11) is 0. The van der Waals surface area contributed by atoms with Gasteiger partial charge in [0.2, 0.25) is 5.76 Å². The SMILES string of the molecule is CCCCCC(=O)C(C#N)=C(O)C(F)(F)F. The maximum atomic E-state index is 12.0. The van der Waals surface area contributed by atoms with E-state index in [4.69, 9.17) is 10.4 Å². The molecule has 0 aliphatic carbocycles. The highest BCUT2D eigenvalue weighted by molar-refractivity contribution is 5.99. The van der Waals surface area contributed by atoms with Crippen molar-refractivity contribution in [2.24, 2.45) is 0 Å². The van der Waals surface area contributed by atoms with Gasteiger partial charge in [-0.25, -0.2) is 0 Å². The molecule has 0 saturated carbocycles. The quantitative estimate of drug-likeness (QED) is 0.345. The van der Waals surface area contributed by atoms with E-state index >= 15 is 0 Å². The largest absolute Gasteiger partial charge is 0.503 e. The van der Waals surface area contributed by atoms with Gasteiger partial charge in [-0.2, -0.15) is 18.4 Å². The van der Waals surface area contributed by atoms with Crippen molar-refractivity contribution in [3.05, 3.63) is 11.3 Å². The number of hydrogen-bond donors (Lipinski definition) is 1. The average Bonchev–Trinajstić information content (AvgIpc) is 2.17. The highest BCUT2D eigenvalue weighted by Gasteiger charge is 2.38. The smallest absolute Gasteiger partial charge is 0.450 e. The zero-order valence-electron chi connectivity index (χ0n) is 8.76. The Hall–Kier alpha value is -1.51. The summed E-state index contributed by atoms with van der Waals surface area (Å²) < 4.78 is 36.1. The van der Waals surface area contributed by atoms with Crippen LogP contribution < -0.4 is 0 Å². The zero-order valence-corrected chi connectivity index (χ0v) is 8.76. The summed E-state index contributed by atoms with van der Waals surface area (Å²) in [6.07, 6.45) is -3.30. The van der Waals surface area contributed by atoms with Crippen LogP contribution in [0.4, 0.5) is 13.2 Å². The number of ketones is 1. The lowest BCUT2D eigenvalue weighted by Crippen LogP contribution is -2.17. The third-order valence-corrected chi connectivity index (χ3v) is 1.90. The van der Waals surface area contributed by atoms with Crippen molar-refractivity contribution in [1.82, 2.24) is 0 Å². The number of allylic oxidation sites excluding steroid dienone is 2. The molecule has 0 aliphatic rings. The summed E-state index contributed by atoms with van der Waals surface area (Å²) in [5.41, 5.74) is -1.20. The summed E-state index contributed by atoms with van der Waals surface area (Å²) in [4.78, 5) is 11.2. The zero-order chi connectivity index (χ0) is 12.8. The minimum atomic E-state index is -5.05. The molecule has 0 amide bonds. The second-order valence-electron chi connectivity index (χ2n) is 3.21. The van der Waals surface area contributed by atoms with E-state index in [0.29, 0.717) is 12.8 Å². The van der Waals surface area contributed by atoms with E-state index in [2.05, 4.69) is 0 Å². The molecular weight excluding hydrogens is 223 g/mol. The molecule has 0 fully saturated rings. The van der Waals surface area contributed by atoms with Crippen LogP contribution in [0.3, 0.4) is 0 Å². The van der Waals surface area contributed by atoms with Crippen molar-refractivity contribution >= 4 is 5.78 Å². The number of nitrogens with zero attached hydrogens (tertiary/aromatic N) is 1. The molecule has 16 heavy (non-hydrogen) atoms. The molecule has 0 saturated heterocycles. The first-order valence-corrected chi connectivity index (χ1v) is 4.78. The Bertz CT molecular complexity index is 326. The van der Waals surface area contributed by atoms with Crippen molar-refractivity contribution in [2.75, 3.05) is 0 Å². The van der Waals surface area contributed by atoms with Gasteiger partial charge in [-0.05, 0) is 6.42 Å². The molecular formula is C10H12F3NO2. The van der Waals surface area contributed by atoms with Crippen molar-refractivity contribution < 1.29 is 23.1 Å². The van der Waals surface area contributed by atoms with Crippen LogP contribution in [0.5, 0.6) is 0 Å². The van der Waals surface area contributed by atoms with Gasteiger partial charge < -0.3 is 5.11 Å². The van der Waals surface area contributed by atoms with Crippen LogP contribution in [0, 0.1) is 11.3 Å². The first-order chi connectivity index (χ1) is 7.34. The van der Waals surface area contributed by atoms with Gasteiger partial charge in [-0.1, -0.05) is 19.8 Å². The molecule has 1 N–H and O–H groups in total. The lowest BCUT2D eigenvalue weighted by molar-refractivity contribution is -0.126. The number of carbonyl (C=O) groups is 1. The van der Waals surface area contributed by atoms with E-state index in [0.717, 1.165) is 12.5 Å². The third-order valence-electron chi connectivity index (χ3n) is 1.90. The number of nitriles is 1. The van der Waals surface area contributed by atoms with E-state index in [-0.39, 0.29) is 6.42 Å². The first-order valence-electron chi connectivity index (χ1n) is 4.78. The van der Waals surface area contributed by atoms with Crippen LogP contribution in [0.25, 0.3) is 0 Å². The molecule has 6 heteroatoms. The van der Waals surface area contributed by atoms with Crippen LogP contribution in [0.1, 0.15) is 32.6 Å². The Balaban J connectivity index is 4.76. The standard InChI is InChI=1S/C10H12F3NO2/c1-2-3-4-5-8(15)7(6-14)9(16)10(11,12)13/h16H,2-5H2,1H3. The summed E-state index contributed by atoms with van der Waals surface area (Å²) in [5, 5.41) is 17.1. The number of rotatable bonds is 5. The van der Waals surface area contributed by atoms with Crippen LogP contribution in [-0.2, 0) is 4.79 Å². The third kappa shape index (κ3) is 4.34. The lowest BCUT2D eigenvalue weighted by atomic mass is 10.0. The fourth-order valence-electron chi connectivity index (χ4n) is 1.05. The van der Waals surface area contributed by atoms with E-state index < -0.39 is 23.3 Å². The Morgan fingerprint density at radius 2 is 1.94 bits per heavy atom. The molecule has 0 radical (unpaired) electrons. The fourth-order valence-corrected chi connectivity index (χ4v) is 1.05. The summed E-state index contributed by atoms with van der Waals surface area (Å²) in [5.74, 6) is -3.07. The fraction of sp³-hybridized carbons (Fsp3) is 0.600. The summed E-state index contributed by atoms with van der Waals surface area (Å²) >= 11 is 0. The highest BCUT2D eigenvalue weighted by Crippen LogP contribution is 2.26. The van der Waals surface area contributed by atoms with Gasteiger partial charge >= 0.3 is 6.18 Å². The number of carbonyl (C=O) groups excluding carboxylic acids is 1. The molecule has 0 atom stereocenters. The number of aliphatic hydroxyl groups excluding tert-OH is 1. The van der Waals surface area contributed by atoms with Gasteiger partial charge in [0.05, 0.1) is 0 Å². The van der Waals surface area contributed by atoms with Gasteiger partial charge in [-0.3, -0.25) is 4.79 Å². The monoisotopic (exact) mass is 235 g/mol. The number of aliphatic hydroxyl groups is 1. The Kier molecular flexibility index (Phi) is 5.57. The predicted octanol–water partition coefficient (Wildman–Crippen LogP) is 3.03. The molecule has 0 rings (SSSR count). The second-order valence-corrected chi connectivity index (χ2v) is 3.21. The topological polar surface area (TPSA) is 61.1 Å². The molecule has 0 aliphatic heterocycles. The molecule has 90 valence electrons. The Labute approximate surface area is 91.2 Å². The molecule has 0 heterocycles. The minimum absolute atomic E-state index is 0.156. The number of halogens is 3. The van der Waals surface area contributed by atoms with E-state index in [1.165, 1.54) is 0 Å². The van der Waals surface area contributed by atoms with E-state index in [1.54, 1.807) is 0 Å². The van der Waals surface area contributed by atoms with Crippen molar-refractivity contribution in [2.45, 2.75) is 38.8 Å². The molecule has 0 aromatic rings. The number of hydrogen-bond acceptors (Lipinski definition) is 3. The minimum Gasteiger partial charge on any atom is -0.503 e. The van der Waals surface area contributed by atoms with Gasteiger partial charge in [0, 0.05) is 6.42 Å². The number of unbranched alkanes of at least 4 members (excludes halogenated alkanes) is 2. The summed E-state index contributed by atoms with van der Waals surface area (Å²) in [6, 6.07) is 1.10.